The fourth-order valence-corrected chi connectivity index (χ4v) is 1.61. The smallest absolute Gasteiger partial charge is 0.0704 e. The Balaban J connectivity index is 2.30. The third kappa shape index (κ3) is 2.32. The number of hydrogen-bond donors (Lipinski definition) is 2. The van der Waals surface area contributed by atoms with Gasteiger partial charge < -0.3 is 10.8 Å². The molecule has 2 aromatic rings. The van der Waals surface area contributed by atoms with E-state index in [4.69, 9.17) is 10.8 Å². The molecule has 3 nitrogen and oxygen atoms in total. The fourth-order valence-electron chi connectivity index (χ4n) is 1.61. The summed E-state index contributed by atoms with van der Waals surface area (Å²) in [6.07, 6.45) is 2.46. The Hall–Kier alpha value is -1.45. The van der Waals surface area contributed by atoms with Gasteiger partial charge in [-0.25, -0.2) is 0 Å². The molecule has 0 fully saturated rings. The van der Waals surface area contributed by atoms with Crippen molar-refractivity contribution in [3.8, 4) is 0 Å². The number of rotatable bonds is 3. The van der Waals surface area contributed by atoms with E-state index in [1.54, 1.807) is 6.20 Å². The summed E-state index contributed by atoms with van der Waals surface area (Å²) in [6, 6.07) is 9.83. The second-order valence-corrected chi connectivity index (χ2v) is 3.68. The summed E-state index contributed by atoms with van der Waals surface area (Å²) >= 11 is 0. The molecule has 1 unspecified atom stereocenters. The number of nitrogens with two attached hydrogens (primary N) is 1. The summed E-state index contributed by atoms with van der Waals surface area (Å²) in [4.78, 5) is 4.27. The quantitative estimate of drug-likeness (QED) is 0.783. The number of nitrogens with zero attached hydrogens (tertiary/aromatic N) is 1. The van der Waals surface area contributed by atoms with Gasteiger partial charge in [0.25, 0.3) is 0 Å². The monoisotopic (exact) mass is 202 g/mol. The second kappa shape index (κ2) is 4.38. The Morgan fingerprint density at radius 3 is 3.00 bits per heavy atom. The van der Waals surface area contributed by atoms with Crippen molar-refractivity contribution in [2.45, 2.75) is 12.5 Å². The molecule has 0 aliphatic rings. The highest BCUT2D eigenvalue weighted by atomic mass is 16.3. The first-order chi connectivity index (χ1) is 7.29. The highest BCUT2D eigenvalue weighted by molar-refractivity contribution is 5.78. The topological polar surface area (TPSA) is 59.1 Å². The van der Waals surface area contributed by atoms with Crippen LogP contribution in [0.5, 0.6) is 0 Å². The molecule has 0 bridgehead atoms. The number of aliphatic hydroxyl groups is 1. The van der Waals surface area contributed by atoms with E-state index in [9.17, 15) is 0 Å². The van der Waals surface area contributed by atoms with Gasteiger partial charge in [-0.1, -0.05) is 18.2 Å². The molecule has 15 heavy (non-hydrogen) atoms. The minimum absolute atomic E-state index is 0.0141. The molecule has 0 amide bonds. The SMILES string of the molecule is NC(CO)Cc1ccc2cccnc2c1. The van der Waals surface area contributed by atoms with Crippen LogP contribution in [0, 0.1) is 0 Å². The third-order valence-electron chi connectivity index (χ3n) is 2.40. The van der Waals surface area contributed by atoms with E-state index in [1.807, 2.05) is 30.3 Å². The molecule has 3 N–H and O–H groups in total. The number of pyridine rings is 1. The van der Waals surface area contributed by atoms with Gasteiger partial charge in [0, 0.05) is 17.6 Å². The van der Waals surface area contributed by atoms with Crippen molar-refractivity contribution >= 4 is 10.9 Å². The molecule has 1 aromatic carbocycles. The van der Waals surface area contributed by atoms with Crippen molar-refractivity contribution in [3.63, 3.8) is 0 Å². The largest absolute Gasteiger partial charge is 0.395 e. The van der Waals surface area contributed by atoms with Crippen LogP contribution in [-0.4, -0.2) is 22.7 Å². The van der Waals surface area contributed by atoms with E-state index in [-0.39, 0.29) is 12.6 Å². The average Bonchev–Trinajstić information content (AvgIpc) is 2.29. The van der Waals surface area contributed by atoms with E-state index in [0.29, 0.717) is 6.42 Å². The fraction of sp³-hybridized carbons (Fsp3) is 0.250. The van der Waals surface area contributed by atoms with Crippen molar-refractivity contribution in [3.05, 3.63) is 42.1 Å². The van der Waals surface area contributed by atoms with E-state index in [1.165, 1.54) is 0 Å². The van der Waals surface area contributed by atoms with E-state index in [2.05, 4.69) is 4.98 Å². The molecule has 0 aliphatic carbocycles. The van der Waals surface area contributed by atoms with E-state index < -0.39 is 0 Å². The average molecular weight is 202 g/mol. The standard InChI is InChI=1S/C12H14N2O/c13-11(8-15)6-9-3-4-10-2-1-5-14-12(10)7-9/h1-5,7,11,15H,6,8,13H2. The van der Waals surface area contributed by atoms with Gasteiger partial charge in [0.05, 0.1) is 12.1 Å². The molecule has 1 heterocycles. The molecule has 2 rings (SSSR count). The highest BCUT2D eigenvalue weighted by Crippen LogP contribution is 2.13. The van der Waals surface area contributed by atoms with Crippen LogP contribution in [0.25, 0.3) is 10.9 Å². The third-order valence-corrected chi connectivity index (χ3v) is 2.40. The molecular weight excluding hydrogens is 188 g/mol. The van der Waals surface area contributed by atoms with Crippen molar-refractivity contribution in [1.82, 2.24) is 4.98 Å². The molecule has 3 heteroatoms. The highest BCUT2D eigenvalue weighted by Gasteiger charge is 2.03. The molecular formula is C12H14N2O. The summed E-state index contributed by atoms with van der Waals surface area (Å²) in [5.74, 6) is 0. The zero-order valence-corrected chi connectivity index (χ0v) is 8.43. The molecule has 78 valence electrons. The van der Waals surface area contributed by atoms with Gasteiger partial charge in [0.15, 0.2) is 0 Å². The summed E-state index contributed by atoms with van der Waals surface area (Å²) in [5, 5.41) is 9.99. The predicted molar refractivity (Wildman–Crippen MR) is 60.5 cm³/mol. The van der Waals surface area contributed by atoms with Gasteiger partial charge in [-0.2, -0.15) is 0 Å². The van der Waals surface area contributed by atoms with Crippen LogP contribution in [0.3, 0.4) is 0 Å². The lowest BCUT2D eigenvalue weighted by Gasteiger charge is -2.08. The van der Waals surface area contributed by atoms with Crippen LogP contribution in [0.4, 0.5) is 0 Å². The normalized spacial score (nSPS) is 12.9. The molecule has 0 saturated heterocycles. The Bertz CT molecular complexity index is 456. The molecule has 0 aliphatic heterocycles. The van der Waals surface area contributed by atoms with Crippen molar-refractivity contribution in [2.75, 3.05) is 6.61 Å². The van der Waals surface area contributed by atoms with Crippen LogP contribution in [0.15, 0.2) is 36.5 Å². The van der Waals surface area contributed by atoms with Gasteiger partial charge in [-0.3, -0.25) is 4.98 Å². The first-order valence-corrected chi connectivity index (χ1v) is 4.99. The number of aliphatic hydroxyl groups excluding tert-OH is 1. The van der Waals surface area contributed by atoms with Gasteiger partial charge in [-0.05, 0) is 24.1 Å². The molecule has 0 radical (unpaired) electrons. The number of hydrogen-bond acceptors (Lipinski definition) is 3. The lowest BCUT2D eigenvalue weighted by molar-refractivity contribution is 0.265. The number of benzene rings is 1. The van der Waals surface area contributed by atoms with Crippen LogP contribution in [0.2, 0.25) is 0 Å². The Morgan fingerprint density at radius 2 is 2.20 bits per heavy atom. The van der Waals surface area contributed by atoms with Gasteiger partial charge in [0.2, 0.25) is 0 Å². The zero-order chi connectivity index (χ0) is 10.7. The summed E-state index contributed by atoms with van der Waals surface area (Å²) in [7, 11) is 0. The maximum Gasteiger partial charge on any atom is 0.0704 e. The summed E-state index contributed by atoms with van der Waals surface area (Å²) in [5.41, 5.74) is 7.76. The second-order valence-electron chi connectivity index (χ2n) is 3.68. The van der Waals surface area contributed by atoms with Crippen LogP contribution >= 0.6 is 0 Å². The van der Waals surface area contributed by atoms with Crippen molar-refractivity contribution in [2.24, 2.45) is 5.73 Å². The van der Waals surface area contributed by atoms with Gasteiger partial charge in [-0.15, -0.1) is 0 Å². The Morgan fingerprint density at radius 1 is 1.33 bits per heavy atom. The molecule has 1 atom stereocenters. The predicted octanol–water partition coefficient (Wildman–Crippen LogP) is 1.10. The van der Waals surface area contributed by atoms with Gasteiger partial charge in [0.1, 0.15) is 0 Å². The number of aromatic nitrogens is 1. The van der Waals surface area contributed by atoms with E-state index in [0.717, 1.165) is 16.5 Å². The van der Waals surface area contributed by atoms with E-state index >= 15 is 0 Å². The number of fused-ring (bicyclic) bond motifs is 1. The van der Waals surface area contributed by atoms with Crippen molar-refractivity contribution in [1.29, 1.82) is 0 Å². The Labute approximate surface area is 88.6 Å². The summed E-state index contributed by atoms with van der Waals surface area (Å²) in [6.45, 7) is 0.0141. The zero-order valence-electron chi connectivity index (χ0n) is 8.43. The first kappa shape index (κ1) is 10.1. The minimum atomic E-state index is -0.189. The van der Waals surface area contributed by atoms with Crippen LogP contribution in [-0.2, 0) is 6.42 Å². The lowest BCUT2D eigenvalue weighted by Crippen LogP contribution is -2.26. The summed E-state index contributed by atoms with van der Waals surface area (Å²) < 4.78 is 0. The van der Waals surface area contributed by atoms with Crippen LogP contribution in [0.1, 0.15) is 5.56 Å². The molecule has 0 saturated carbocycles. The minimum Gasteiger partial charge on any atom is -0.395 e. The Kier molecular flexibility index (Phi) is 2.94. The maximum absolute atomic E-state index is 8.87. The molecule has 0 spiro atoms. The lowest BCUT2D eigenvalue weighted by atomic mass is 10.1. The van der Waals surface area contributed by atoms with Crippen molar-refractivity contribution < 1.29 is 5.11 Å². The van der Waals surface area contributed by atoms with Crippen LogP contribution < -0.4 is 5.73 Å². The first-order valence-electron chi connectivity index (χ1n) is 4.99. The maximum atomic E-state index is 8.87. The van der Waals surface area contributed by atoms with Gasteiger partial charge >= 0.3 is 0 Å². The molecule has 1 aromatic heterocycles.